The number of carbonyl (C=O) groups is 5. The van der Waals surface area contributed by atoms with Gasteiger partial charge < -0.3 is 35.6 Å². The van der Waals surface area contributed by atoms with Gasteiger partial charge in [-0.15, -0.1) is 11.8 Å². The van der Waals surface area contributed by atoms with Gasteiger partial charge in [0.2, 0.25) is 11.8 Å². The van der Waals surface area contributed by atoms with Crippen LogP contribution >= 0.6 is 11.8 Å². The first kappa shape index (κ1) is 33.8. The van der Waals surface area contributed by atoms with Crippen LogP contribution < -0.4 is 45.3 Å². The average Bonchev–Trinajstić information content (AvgIpc) is 3.27. The minimum atomic E-state index is -1.51. The molecule has 2 saturated heterocycles. The van der Waals surface area contributed by atoms with Gasteiger partial charge in [-0.3, -0.25) is 19.3 Å². The summed E-state index contributed by atoms with van der Waals surface area (Å²) in [5, 5.41) is 35.9. The molecule has 3 aromatic carbocycles. The van der Waals surface area contributed by atoms with Crippen LogP contribution in [-0.4, -0.2) is 79.0 Å². The van der Waals surface area contributed by atoms with Crippen molar-refractivity contribution in [3.05, 3.63) is 83.9 Å². The van der Waals surface area contributed by atoms with Crippen LogP contribution in [0.2, 0.25) is 0 Å². The monoisotopic (exact) mass is 640 g/mol. The third kappa shape index (κ3) is 6.52. The van der Waals surface area contributed by atoms with E-state index in [1.165, 1.54) is 24.9 Å². The van der Waals surface area contributed by atoms with Gasteiger partial charge in [-0.1, -0.05) is 48.5 Å². The molecule has 4 atom stereocenters. The number of aliphatic carboxylic acids is 1. The summed E-state index contributed by atoms with van der Waals surface area (Å²) >= 11 is 1.20. The summed E-state index contributed by atoms with van der Waals surface area (Å²) in [6.07, 6.45) is 0. The van der Waals surface area contributed by atoms with Crippen LogP contribution in [0.1, 0.15) is 35.8 Å². The first-order valence-electron chi connectivity index (χ1n) is 13.6. The molecular formula is C31H29N4NaO8S. The van der Waals surface area contributed by atoms with E-state index in [1.54, 1.807) is 38.1 Å². The molecule has 0 unspecified atom stereocenters. The fourth-order valence-corrected chi connectivity index (χ4v) is 6.95. The van der Waals surface area contributed by atoms with Crippen molar-refractivity contribution in [3.63, 3.8) is 0 Å². The van der Waals surface area contributed by atoms with Crippen molar-refractivity contribution >= 4 is 41.5 Å². The zero-order valence-corrected chi connectivity index (χ0v) is 27.7. The summed E-state index contributed by atoms with van der Waals surface area (Å²) in [6.45, 7) is 3.32. The number of urea groups is 1. The van der Waals surface area contributed by atoms with Gasteiger partial charge in [0.15, 0.2) is 11.5 Å². The van der Waals surface area contributed by atoms with E-state index < -0.39 is 69.5 Å². The number of hydrogen-bond acceptors (Lipinski definition) is 9. The van der Waals surface area contributed by atoms with Crippen LogP contribution in [0.15, 0.2) is 72.8 Å². The molecule has 2 aliphatic heterocycles. The maximum atomic E-state index is 13.5. The maximum absolute atomic E-state index is 13.5. The number of carboxylic acid groups (broad SMARTS) is 1. The van der Waals surface area contributed by atoms with Gasteiger partial charge in [0, 0.05) is 17.4 Å². The number of thioether (sulfide) groups is 1. The van der Waals surface area contributed by atoms with E-state index in [0.717, 1.165) is 33.1 Å². The zero-order valence-electron chi connectivity index (χ0n) is 24.9. The van der Waals surface area contributed by atoms with E-state index in [2.05, 4.69) is 10.6 Å². The summed E-state index contributed by atoms with van der Waals surface area (Å²) in [6, 6.07) is 14.9. The number of hydrogen-bond donors (Lipinski definition) is 4. The van der Waals surface area contributed by atoms with Crippen LogP contribution in [0.4, 0.5) is 4.79 Å². The van der Waals surface area contributed by atoms with Crippen molar-refractivity contribution in [3.8, 4) is 22.6 Å². The van der Waals surface area contributed by atoms with Crippen molar-refractivity contribution in [2.45, 2.75) is 42.1 Å². The van der Waals surface area contributed by atoms with E-state index >= 15 is 0 Å². The number of nitrogens with one attached hydrogen (secondary N) is 2. The number of benzene rings is 3. The molecule has 2 aliphatic rings. The molecule has 0 spiro atoms. The van der Waals surface area contributed by atoms with Crippen LogP contribution in [0.5, 0.6) is 11.5 Å². The number of phenolic OH excluding ortho intramolecular Hbond substituents is 2. The number of fused-ring (bicyclic) bond motifs is 1. The second-order valence-corrected chi connectivity index (χ2v) is 12.8. The predicted octanol–water partition coefficient (Wildman–Crippen LogP) is -1.41. The fraction of sp³-hybridized carbons (Fsp3) is 0.258. The summed E-state index contributed by atoms with van der Waals surface area (Å²) in [4.78, 5) is 66.5. The molecule has 5 rings (SSSR count). The number of imide groups is 1. The average molecular weight is 641 g/mol. The number of carboxylic acids is 1. The van der Waals surface area contributed by atoms with Gasteiger partial charge in [-0.2, -0.15) is 0 Å². The minimum absolute atomic E-state index is 0. The summed E-state index contributed by atoms with van der Waals surface area (Å²) < 4.78 is -0.878. The molecule has 45 heavy (non-hydrogen) atoms. The van der Waals surface area contributed by atoms with E-state index in [0.29, 0.717) is 0 Å². The first-order chi connectivity index (χ1) is 20.8. The van der Waals surface area contributed by atoms with Gasteiger partial charge in [-0.05, 0) is 54.8 Å². The smallest absolute Gasteiger partial charge is 0.548 e. The molecule has 2 fully saturated rings. The van der Waals surface area contributed by atoms with Crippen molar-refractivity contribution < 1.29 is 68.8 Å². The Kier molecular flexibility index (Phi) is 9.88. The summed E-state index contributed by atoms with van der Waals surface area (Å²) in [5.74, 6) is -4.57. The summed E-state index contributed by atoms with van der Waals surface area (Å²) in [5.41, 5.74) is 2.09. The van der Waals surface area contributed by atoms with Gasteiger partial charge in [0.05, 0.1) is 12.0 Å². The van der Waals surface area contributed by atoms with E-state index in [9.17, 15) is 39.3 Å². The van der Waals surface area contributed by atoms with E-state index in [-0.39, 0.29) is 40.7 Å². The molecule has 0 aromatic heterocycles. The number of amides is 5. The number of nitrogens with zero attached hydrogens (tertiary/aromatic N) is 2. The zero-order chi connectivity index (χ0) is 31.9. The standard InChI is InChI=1S/C31H30N4O8S.Na/c1-31(2)24(29(41)42)35-27(40)23(28(35)44-31)32-25(38)22(19-13-14-20(36)21(37)15-19)33-30(43)34(3)26(39)18-11-9-17(10-12-18)16-7-5-4-6-8-16;/h4-15,22-24,28,36-37H,1-3H3,(H,32,38)(H,33,43)(H,41,42);/q;+1/p-1/t22-,23-,24+,28-;/m1./s1. The fourth-order valence-electron chi connectivity index (χ4n) is 5.33. The molecule has 14 heteroatoms. The molecule has 0 aliphatic carbocycles. The van der Waals surface area contributed by atoms with Crippen LogP contribution in [0, 0.1) is 0 Å². The number of carbonyl (C=O) groups excluding carboxylic acids is 5. The van der Waals surface area contributed by atoms with Crippen LogP contribution in [0.25, 0.3) is 11.1 Å². The maximum Gasteiger partial charge on any atom is 1.00 e. The molecule has 0 bridgehead atoms. The van der Waals surface area contributed by atoms with Crippen molar-refractivity contribution in [1.29, 1.82) is 0 Å². The molecule has 2 heterocycles. The summed E-state index contributed by atoms with van der Waals surface area (Å²) in [7, 11) is 1.23. The Morgan fingerprint density at radius 3 is 2.18 bits per heavy atom. The molecule has 228 valence electrons. The first-order valence-corrected chi connectivity index (χ1v) is 14.5. The van der Waals surface area contributed by atoms with Crippen molar-refractivity contribution in [2.24, 2.45) is 0 Å². The van der Waals surface area contributed by atoms with E-state index in [1.807, 2.05) is 30.3 Å². The van der Waals surface area contributed by atoms with Gasteiger partial charge in [0.25, 0.3) is 5.91 Å². The molecule has 0 saturated carbocycles. The van der Waals surface area contributed by atoms with Crippen LogP contribution in [0.3, 0.4) is 0 Å². The SMILES string of the molecule is CN(C(=O)N[C@@H](C(=O)N[C@@H]1C(=O)N2[C@@H]1SC(C)(C)[C@@H]2C(=O)[O-])c1ccc(O)c(O)c1)C(=O)c1ccc(-c2ccccc2)cc1.[Na+]. The van der Waals surface area contributed by atoms with Crippen molar-refractivity contribution in [1.82, 2.24) is 20.4 Å². The van der Waals surface area contributed by atoms with Crippen LogP contribution in [-0.2, 0) is 14.4 Å². The normalized spacial score (nSPS) is 20.1. The second kappa shape index (κ2) is 13.1. The number of aromatic hydroxyl groups is 2. The van der Waals surface area contributed by atoms with Gasteiger partial charge >= 0.3 is 35.6 Å². The molecule has 3 aromatic rings. The molecule has 12 nitrogen and oxygen atoms in total. The number of phenols is 2. The third-order valence-corrected chi connectivity index (χ3v) is 9.24. The Labute approximate surface area is 285 Å². The Hall–Kier alpha value is -4.04. The predicted molar refractivity (Wildman–Crippen MR) is 158 cm³/mol. The van der Waals surface area contributed by atoms with Gasteiger partial charge in [0.1, 0.15) is 17.5 Å². The second-order valence-electron chi connectivity index (χ2n) is 11.0. The Morgan fingerprint density at radius 2 is 1.58 bits per heavy atom. The number of β-lactam (4-membered cyclic amide) rings is 1. The topological polar surface area (TPSA) is 179 Å². The van der Waals surface area contributed by atoms with Gasteiger partial charge in [-0.25, -0.2) is 4.79 Å². The Balaban J connectivity index is 0.00000461. The quantitative estimate of drug-likeness (QED) is 0.137. The van der Waals surface area contributed by atoms with Crippen molar-refractivity contribution in [2.75, 3.05) is 7.05 Å². The molecular weight excluding hydrogens is 611 g/mol. The molecule has 5 amide bonds. The molecule has 0 radical (unpaired) electrons. The Morgan fingerprint density at radius 1 is 0.956 bits per heavy atom. The Bertz CT molecular complexity index is 1650. The molecule has 4 N–H and O–H groups in total. The largest absolute Gasteiger partial charge is 1.00 e. The minimum Gasteiger partial charge on any atom is -0.548 e. The van der Waals surface area contributed by atoms with E-state index in [4.69, 9.17) is 0 Å². The third-order valence-electron chi connectivity index (χ3n) is 7.67. The number of rotatable bonds is 7.